The van der Waals surface area contributed by atoms with Crippen LogP contribution in [0.4, 0.5) is 5.69 Å². The Morgan fingerprint density at radius 1 is 0.935 bits per heavy atom. The van der Waals surface area contributed by atoms with Gasteiger partial charge in [-0.15, -0.1) is 0 Å². The van der Waals surface area contributed by atoms with Crippen LogP contribution in [0.2, 0.25) is 5.02 Å². The second-order valence-electron chi connectivity index (χ2n) is 6.46. The normalized spacial score (nSPS) is 10.5. The molecule has 0 fully saturated rings. The van der Waals surface area contributed by atoms with Crippen LogP contribution in [0.3, 0.4) is 0 Å². The average molecular weight is 436 g/mol. The van der Waals surface area contributed by atoms with Crippen molar-refractivity contribution in [3.63, 3.8) is 0 Å². The molecule has 3 aromatic rings. The molecule has 8 heteroatoms. The maximum absolute atomic E-state index is 12.2. The Morgan fingerprint density at radius 2 is 1.68 bits per heavy atom. The number of ether oxygens (including phenoxy) is 1. The lowest BCUT2D eigenvalue weighted by molar-refractivity contribution is -0.136. The molecule has 3 aromatic carbocycles. The van der Waals surface area contributed by atoms with Crippen molar-refractivity contribution in [2.75, 3.05) is 5.32 Å². The molecule has 0 spiro atoms. The van der Waals surface area contributed by atoms with E-state index in [1.54, 1.807) is 66.7 Å². The van der Waals surface area contributed by atoms with Gasteiger partial charge in [0.15, 0.2) is 0 Å². The number of benzene rings is 3. The van der Waals surface area contributed by atoms with Crippen LogP contribution in [-0.4, -0.2) is 24.0 Å². The zero-order valence-corrected chi connectivity index (χ0v) is 17.2. The van der Waals surface area contributed by atoms with E-state index in [9.17, 15) is 14.4 Å². The lowest BCUT2D eigenvalue weighted by Crippen LogP contribution is -2.32. The Morgan fingerprint density at radius 3 is 2.39 bits per heavy atom. The monoisotopic (exact) mass is 435 g/mol. The predicted molar refractivity (Wildman–Crippen MR) is 118 cm³/mol. The number of halogens is 1. The maximum Gasteiger partial charge on any atom is 0.345 e. The van der Waals surface area contributed by atoms with Crippen LogP contribution in [0.25, 0.3) is 0 Å². The Hall–Kier alpha value is -3.97. The molecule has 0 saturated carbocycles. The number of hydrazone groups is 1. The van der Waals surface area contributed by atoms with Crippen LogP contribution in [0.1, 0.15) is 21.5 Å². The third-order valence-electron chi connectivity index (χ3n) is 4.05. The van der Waals surface area contributed by atoms with Crippen molar-refractivity contribution in [3.8, 4) is 5.75 Å². The standard InChI is InChI=1S/C23H18ClN3O4/c1-15-5-4-6-17(13-15)26-21(28)22(29)27-25-14-16-9-11-18(12-10-16)31-23(30)19-7-2-3-8-20(19)24/h2-14H,1H3,(H,26,28)(H,27,29)/b25-14+. The lowest BCUT2D eigenvalue weighted by Gasteiger charge is -2.06. The van der Waals surface area contributed by atoms with E-state index in [0.29, 0.717) is 22.0 Å². The summed E-state index contributed by atoms with van der Waals surface area (Å²) in [6, 6.07) is 20.1. The highest BCUT2D eigenvalue weighted by atomic mass is 35.5. The van der Waals surface area contributed by atoms with Gasteiger partial charge in [0.2, 0.25) is 0 Å². The molecule has 2 N–H and O–H groups in total. The first-order valence-corrected chi connectivity index (χ1v) is 9.58. The molecule has 0 atom stereocenters. The summed E-state index contributed by atoms with van der Waals surface area (Å²) in [7, 11) is 0. The van der Waals surface area contributed by atoms with E-state index in [1.807, 2.05) is 13.0 Å². The van der Waals surface area contributed by atoms with Crippen molar-refractivity contribution in [2.24, 2.45) is 5.10 Å². The highest BCUT2D eigenvalue weighted by Gasteiger charge is 2.13. The highest BCUT2D eigenvalue weighted by Crippen LogP contribution is 2.19. The summed E-state index contributed by atoms with van der Waals surface area (Å²) >= 11 is 5.99. The van der Waals surface area contributed by atoms with E-state index in [4.69, 9.17) is 16.3 Å². The summed E-state index contributed by atoms with van der Waals surface area (Å²) in [6.07, 6.45) is 1.36. The molecule has 156 valence electrons. The molecule has 31 heavy (non-hydrogen) atoms. The molecular weight excluding hydrogens is 418 g/mol. The van der Waals surface area contributed by atoms with Gasteiger partial charge in [0, 0.05) is 5.69 Å². The number of carbonyl (C=O) groups excluding carboxylic acids is 3. The lowest BCUT2D eigenvalue weighted by atomic mass is 10.2. The summed E-state index contributed by atoms with van der Waals surface area (Å²) < 4.78 is 5.28. The van der Waals surface area contributed by atoms with Crippen molar-refractivity contribution in [3.05, 3.63) is 94.5 Å². The summed E-state index contributed by atoms with van der Waals surface area (Å²) in [5.74, 6) is -1.98. The van der Waals surface area contributed by atoms with Gasteiger partial charge < -0.3 is 10.1 Å². The first-order valence-electron chi connectivity index (χ1n) is 9.20. The number of rotatable bonds is 5. The zero-order chi connectivity index (χ0) is 22.2. The molecule has 0 unspecified atom stereocenters. The van der Waals surface area contributed by atoms with Gasteiger partial charge in [-0.3, -0.25) is 9.59 Å². The van der Waals surface area contributed by atoms with Crippen LogP contribution in [0, 0.1) is 6.92 Å². The Kier molecular flexibility index (Phi) is 7.13. The van der Waals surface area contributed by atoms with E-state index in [1.165, 1.54) is 6.21 Å². The average Bonchev–Trinajstić information content (AvgIpc) is 2.75. The van der Waals surface area contributed by atoms with Crippen LogP contribution in [-0.2, 0) is 9.59 Å². The topological polar surface area (TPSA) is 96.9 Å². The smallest absolute Gasteiger partial charge is 0.345 e. The third kappa shape index (κ3) is 6.25. The highest BCUT2D eigenvalue weighted by molar-refractivity contribution is 6.39. The molecule has 0 heterocycles. The van der Waals surface area contributed by atoms with E-state index in [0.717, 1.165) is 5.56 Å². The molecule has 0 aromatic heterocycles. The minimum absolute atomic E-state index is 0.265. The molecule has 0 aliphatic rings. The van der Waals surface area contributed by atoms with Gasteiger partial charge in [0.1, 0.15) is 5.75 Å². The van der Waals surface area contributed by atoms with Gasteiger partial charge in [-0.2, -0.15) is 5.10 Å². The molecule has 7 nitrogen and oxygen atoms in total. The minimum Gasteiger partial charge on any atom is -0.423 e. The van der Waals surface area contributed by atoms with Gasteiger partial charge in [-0.05, 0) is 66.6 Å². The molecule has 0 bridgehead atoms. The SMILES string of the molecule is Cc1cccc(NC(=O)C(=O)N/N=C/c2ccc(OC(=O)c3ccccc3Cl)cc2)c1. The van der Waals surface area contributed by atoms with E-state index < -0.39 is 17.8 Å². The molecule has 0 saturated heterocycles. The quantitative estimate of drug-likeness (QED) is 0.208. The van der Waals surface area contributed by atoms with Crippen molar-refractivity contribution >= 4 is 41.3 Å². The fourth-order valence-corrected chi connectivity index (χ4v) is 2.75. The minimum atomic E-state index is -0.900. The first kappa shape index (κ1) is 21.7. The second kappa shape index (κ2) is 10.2. The van der Waals surface area contributed by atoms with Gasteiger partial charge in [0.05, 0.1) is 16.8 Å². The number of anilines is 1. The van der Waals surface area contributed by atoms with Crippen LogP contribution >= 0.6 is 11.6 Å². The first-order chi connectivity index (χ1) is 14.9. The molecule has 0 aliphatic heterocycles. The number of hydrogen-bond acceptors (Lipinski definition) is 5. The van der Waals surface area contributed by atoms with Crippen molar-refractivity contribution in [2.45, 2.75) is 6.92 Å². The molecule has 0 radical (unpaired) electrons. The van der Waals surface area contributed by atoms with Gasteiger partial charge in [0.25, 0.3) is 0 Å². The maximum atomic E-state index is 12.2. The third-order valence-corrected chi connectivity index (χ3v) is 4.38. The summed E-state index contributed by atoms with van der Waals surface area (Å²) in [5, 5.41) is 6.56. The number of esters is 1. The van der Waals surface area contributed by atoms with E-state index in [2.05, 4.69) is 15.8 Å². The number of nitrogens with one attached hydrogen (secondary N) is 2. The number of aryl methyl sites for hydroxylation is 1. The fraction of sp³-hybridized carbons (Fsp3) is 0.0435. The number of hydrogen-bond donors (Lipinski definition) is 2. The molecule has 2 amide bonds. The van der Waals surface area contributed by atoms with Crippen LogP contribution in [0.15, 0.2) is 77.9 Å². The van der Waals surface area contributed by atoms with Gasteiger partial charge in [-0.25, -0.2) is 10.2 Å². The molecule has 0 aliphatic carbocycles. The van der Waals surface area contributed by atoms with E-state index in [-0.39, 0.29) is 5.56 Å². The Bertz CT molecular complexity index is 1140. The molecule has 3 rings (SSSR count). The Labute approximate surface area is 183 Å². The van der Waals surface area contributed by atoms with Gasteiger partial charge in [-0.1, -0.05) is 35.9 Å². The fourth-order valence-electron chi connectivity index (χ4n) is 2.54. The number of nitrogens with zero attached hydrogens (tertiary/aromatic N) is 1. The van der Waals surface area contributed by atoms with Crippen LogP contribution in [0.5, 0.6) is 5.75 Å². The van der Waals surface area contributed by atoms with Crippen LogP contribution < -0.4 is 15.5 Å². The summed E-state index contributed by atoms with van der Waals surface area (Å²) in [4.78, 5) is 35.9. The van der Waals surface area contributed by atoms with Gasteiger partial charge >= 0.3 is 17.8 Å². The summed E-state index contributed by atoms with van der Waals surface area (Å²) in [6.45, 7) is 1.88. The zero-order valence-electron chi connectivity index (χ0n) is 16.5. The van der Waals surface area contributed by atoms with Crippen molar-refractivity contribution in [1.82, 2.24) is 5.43 Å². The number of carbonyl (C=O) groups is 3. The molecular formula is C23H18ClN3O4. The van der Waals surface area contributed by atoms with Crippen molar-refractivity contribution in [1.29, 1.82) is 0 Å². The van der Waals surface area contributed by atoms with Crippen molar-refractivity contribution < 1.29 is 19.1 Å². The van der Waals surface area contributed by atoms with E-state index >= 15 is 0 Å². The predicted octanol–water partition coefficient (Wildman–Crippen LogP) is 3.96. The summed E-state index contributed by atoms with van der Waals surface area (Å²) in [5.41, 5.74) is 4.52. The number of amides is 2. The second-order valence-corrected chi connectivity index (χ2v) is 6.87. The Balaban J connectivity index is 1.52. The largest absolute Gasteiger partial charge is 0.423 e.